The summed E-state index contributed by atoms with van der Waals surface area (Å²) >= 11 is 1.56. The second-order valence-electron chi connectivity index (χ2n) is 5.95. The standard InChI is InChI=1S/C18H24N4O2S/c1-3-19-18(23)16-13-25-17(20-16)12-21-7-9-22(10-8-21)14-5-4-6-15(11-14)24-2/h4-6,11,13H,3,7-10,12H2,1-2H3,(H,19,23). The number of hydrogen-bond acceptors (Lipinski definition) is 6. The van der Waals surface area contributed by atoms with Crippen LogP contribution in [-0.4, -0.2) is 55.6 Å². The van der Waals surface area contributed by atoms with Gasteiger partial charge in [-0.05, 0) is 19.1 Å². The topological polar surface area (TPSA) is 57.7 Å². The van der Waals surface area contributed by atoms with Crippen LogP contribution in [0.5, 0.6) is 5.75 Å². The van der Waals surface area contributed by atoms with E-state index in [0.29, 0.717) is 12.2 Å². The number of amides is 1. The van der Waals surface area contributed by atoms with Gasteiger partial charge in [-0.3, -0.25) is 9.69 Å². The molecule has 0 radical (unpaired) electrons. The molecular formula is C18H24N4O2S. The van der Waals surface area contributed by atoms with Crippen molar-refractivity contribution in [3.8, 4) is 5.75 Å². The number of aromatic nitrogens is 1. The maximum absolute atomic E-state index is 11.8. The van der Waals surface area contributed by atoms with Gasteiger partial charge in [0.1, 0.15) is 16.5 Å². The number of ether oxygens (including phenoxy) is 1. The smallest absolute Gasteiger partial charge is 0.270 e. The molecular weight excluding hydrogens is 336 g/mol. The van der Waals surface area contributed by atoms with Crippen LogP contribution in [0.3, 0.4) is 0 Å². The molecule has 1 aromatic heterocycles. The number of rotatable bonds is 6. The van der Waals surface area contributed by atoms with Gasteiger partial charge in [0.05, 0.1) is 13.7 Å². The van der Waals surface area contributed by atoms with E-state index in [-0.39, 0.29) is 5.91 Å². The Balaban J connectivity index is 1.53. The van der Waals surface area contributed by atoms with Crippen LogP contribution in [0.1, 0.15) is 22.4 Å². The Kier molecular flexibility index (Phi) is 5.88. The van der Waals surface area contributed by atoms with Crippen molar-refractivity contribution in [3.63, 3.8) is 0 Å². The molecule has 1 aliphatic rings. The molecule has 3 rings (SSSR count). The molecule has 7 heteroatoms. The molecule has 6 nitrogen and oxygen atoms in total. The van der Waals surface area contributed by atoms with Crippen LogP contribution in [0.2, 0.25) is 0 Å². The second kappa shape index (κ2) is 8.31. The summed E-state index contributed by atoms with van der Waals surface area (Å²) in [6.07, 6.45) is 0. The Morgan fingerprint density at radius 1 is 1.32 bits per heavy atom. The summed E-state index contributed by atoms with van der Waals surface area (Å²) < 4.78 is 5.31. The van der Waals surface area contributed by atoms with Crippen LogP contribution >= 0.6 is 11.3 Å². The minimum Gasteiger partial charge on any atom is -0.497 e. The summed E-state index contributed by atoms with van der Waals surface area (Å²) in [7, 11) is 1.69. The number of methoxy groups -OCH3 is 1. The second-order valence-corrected chi connectivity index (χ2v) is 6.89. The third-order valence-corrected chi connectivity index (χ3v) is 5.10. The minimum absolute atomic E-state index is 0.0900. The zero-order valence-corrected chi connectivity index (χ0v) is 15.5. The highest BCUT2D eigenvalue weighted by Crippen LogP contribution is 2.22. The van der Waals surface area contributed by atoms with Gasteiger partial charge >= 0.3 is 0 Å². The largest absolute Gasteiger partial charge is 0.497 e. The minimum atomic E-state index is -0.0900. The molecule has 1 saturated heterocycles. The van der Waals surface area contributed by atoms with Crippen molar-refractivity contribution in [1.82, 2.24) is 15.2 Å². The third kappa shape index (κ3) is 4.49. The summed E-state index contributed by atoms with van der Waals surface area (Å²) in [5.74, 6) is 0.799. The summed E-state index contributed by atoms with van der Waals surface area (Å²) in [4.78, 5) is 21.0. The summed E-state index contributed by atoms with van der Waals surface area (Å²) in [5, 5.41) is 5.62. The van der Waals surface area contributed by atoms with E-state index in [1.807, 2.05) is 24.4 Å². The molecule has 1 aliphatic heterocycles. The first-order valence-corrected chi connectivity index (χ1v) is 9.41. The first-order valence-electron chi connectivity index (χ1n) is 8.53. The van der Waals surface area contributed by atoms with Crippen LogP contribution in [0.15, 0.2) is 29.6 Å². The fourth-order valence-electron chi connectivity index (χ4n) is 2.90. The average Bonchev–Trinajstić information content (AvgIpc) is 3.11. The molecule has 25 heavy (non-hydrogen) atoms. The van der Waals surface area contributed by atoms with E-state index in [1.165, 1.54) is 5.69 Å². The Bertz CT molecular complexity index is 711. The van der Waals surface area contributed by atoms with Gasteiger partial charge in [-0.15, -0.1) is 11.3 Å². The number of nitrogens with zero attached hydrogens (tertiary/aromatic N) is 3. The SMILES string of the molecule is CCNC(=O)c1csc(CN2CCN(c3cccc(OC)c3)CC2)n1. The van der Waals surface area contributed by atoms with E-state index in [1.54, 1.807) is 18.4 Å². The van der Waals surface area contributed by atoms with E-state index >= 15 is 0 Å². The van der Waals surface area contributed by atoms with Crippen molar-refractivity contribution in [3.05, 3.63) is 40.3 Å². The Morgan fingerprint density at radius 3 is 2.84 bits per heavy atom. The molecule has 2 aromatic rings. The van der Waals surface area contributed by atoms with Gasteiger partial charge in [0.25, 0.3) is 5.91 Å². The quantitative estimate of drug-likeness (QED) is 0.856. The number of benzene rings is 1. The highest BCUT2D eigenvalue weighted by molar-refractivity contribution is 7.09. The van der Waals surface area contributed by atoms with Crippen LogP contribution in [-0.2, 0) is 6.54 Å². The normalized spacial score (nSPS) is 15.2. The average molecular weight is 360 g/mol. The van der Waals surface area contributed by atoms with Crippen molar-refractivity contribution >= 4 is 22.9 Å². The predicted molar refractivity (Wildman–Crippen MR) is 101 cm³/mol. The van der Waals surface area contributed by atoms with Crippen molar-refractivity contribution in [2.45, 2.75) is 13.5 Å². The molecule has 1 N–H and O–H groups in total. The summed E-state index contributed by atoms with van der Waals surface area (Å²) in [6.45, 7) is 7.24. The van der Waals surface area contributed by atoms with E-state index in [9.17, 15) is 4.79 Å². The Labute approximate surface area is 152 Å². The molecule has 0 unspecified atom stereocenters. The van der Waals surface area contributed by atoms with Gasteiger partial charge in [-0.1, -0.05) is 6.07 Å². The molecule has 0 spiro atoms. The van der Waals surface area contributed by atoms with Crippen LogP contribution in [0.4, 0.5) is 5.69 Å². The zero-order valence-electron chi connectivity index (χ0n) is 14.7. The molecule has 0 bridgehead atoms. The summed E-state index contributed by atoms with van der Waals surface area (Å²) in [5.41, 5.74) is 1.73. The molecule has 134 valence electrons. The number of carbonyl (C=O) groups is 1. The van der Waals surface area contributed by atoms with Crippen LogP contribution in [0, 0.1) is 0 Å². The predicted octanol–water partition coefficient (Wildman–Crippen LogP) is 2.22. The van der Waals surface area contributed by atoms with Gasteiger partial charge < -0.3 is 15.0 Å². The van der Waals surface area contributed by atoms with Gasteiger partial charge in [0.15, 0.2) is 0 Å². The molecule has 1 fully saturated rings. The highest BCUT2D eigenvalue weighted by atomic mass is 32.1. The maximum atomic E-state index is 11.8. The number of carbonyl (C=O) groups excluding carboxylic acids is 1. The number of piperazine rings is 1. The molecule has 0 aliphatic carbocycles. The zero-order chi connectivity index (χ0) is 17.6. The van der Waals surface area contributed by atoms with Gasteiger partial charge in [-0.2, -0.15) is 0 Å². The van der Waals surface area contributed by atoms with Crippen molar-refractivity contribution < 1.29 is 9.53 Å². The van der Waals surface area contributed by atoms with Crippen LogP contribution < -0.4 is 15.0 Å². The summed E-state index contributed by atoms with van der Waals surface area (Å²) in [6, 6.07) is 8.19. The lowest BCUT2D eigenvalue weighted by atomic mass is 10.2. The number of nitrogens with one attached hydrogen (secondary N) is 1. The fourth-order valence-corrected chi connectivity index (χ4v) is 3.72. The Morgan fingerprint density at radius 2 is 2.12 bits per heavy atom. The van der Waals surface area contributed by atoms with E-state index in [0.717, 1.165) is 43.5 Å². The maximum Gasteiger partial charge on any atom is 0.270 e. The number of anilines is 1. The lowest BCUT2D eigenvalue weighted by molar-refractivity contribution is 0.0951. The molecule has 2 heterocycles. The van der Waals surface area contributed by atoms with Gasteiger partial charge in [0, 0.05) is 49.9 Å². The monoisotopic (exact) mass is 360 g/mol. The first-order chi connectivity index (χ1) is 12.2. The van der Waals surface area contributed by atoms with E-state index in [4.69, 9.17) is 4.74 Å². The molecule has 1 aromatic carbocycles. The molecule has 0 atom stereocenters. The van der Waals surface area contributed by atoms with E-state index in [2.05, 4.69) is 32.2 Å². The highest BCUT2D eigenvalue weighted by Gasteiger charge is 2.19. The van der Waals surface area contributed by atoms with Crippen molar-refractivity contribution in [2.75, 3.05) is 44.7 Å². The number of thiazole rings is 1. The number of hydrogen-bond donors (Lipinski definition) is 1. The Hall–Kier alpha value is -2.12. The fraction of sp³-hybridized carbons (Fsp3) is 0.444. The first kappa shape index (κ1) is 17.7. The van der Waals surface area contributed by atoms with Gasteiger partial charge in [0.2, 0.25) is 0 Å². The lowest BCUT2D eigenvalue weighted by Gasteiger charge is -2.35. The lowest BCUT2D eigenvalue weighted by Crippen LogP contribution is -2.45. The molecule has 0 saturated carbocycles. The molecule has 1 amide bonds. The van der Waals surface area contributed by atoms with Crippen molar-refractivity contribution in [2.24, 2.45) is 0 Å². The van der Waals surface area contributed by atoms with Gasteiger partial charge in [-0.25, -0.2) is 4.98 Å². The van der Waals surface area contributed by atoms with Crippen molar-refractivity contribution in [1.29, 1.82) is 0 Å². The third-order valence-electron chi connectivity index (χ3n) is 4.27. The van der Waals surface area contributed by atoms with Crippen LogP contribution in [0.25, 0.3) is 0 Å². The van der Waals surface area contributed by atoms with E-state index < -0.39 is 0 Å².